The summed E-state index contributed by atoms with van der Waals surface area (Å²) in [6.45, 7) is 11.0. The first kappa shape index (κ1) is 22.0. The SMILES string of the molecule is CC(C)[C@H](C)n1ncn(C2CCC(N3CCN(C4CCC(O)CC4)CC3)CC2)c1=O. The second-order valence-corrected chi connectivity index (χ2v) is 10.2. The maximum absolute atomic E-state index is 12.8. The van der Waals surface area contributed by atoms with Crippen LogP contribution in [0.25, 0.3) is 0 Å². The fourth-order valence-corrected chi connectivity index (χ4v) is 5.73. The van der Waals surface area contributed by atoms with Gasteiger partial charge in [0.25, 0.3) is 0 Å². The molecule has 2 saturated carbocycles. The molecule has 4 rings (SSSR count). The zero-order valence-corrected chi connectivity index (χ0v) is 19.1. The minimum absolute atomic E-state index is 0.0610. The van der Waals surface area contributed by atoms with E-state index in [2.05, 4.69) is 35.7 Å². The van der Waals surface area contributed by atoms with Crippen LogP contribution < -0.4 is 5.69 Å². The lowest BCUT2D eigenvalue weighted by atomic mass is 9.89. The Kier molecular flexibility index (Phi) is 7.00. The van der Waals surface area contributed by atoms with Gasteiger partial charge in [-0.2, -0.15) is 5.10 Å². The Hall–Kier alpha value is -1.18. The van der Waals surface area contributed by atoms with Gasteiger partial charge in [0.1, 0.15) is 6.33 Å². The van der Waals surface area contributed by atoms with Gasteiger partial charge in [0.2, 0.25) is 0 Å². The second kappa shape index (κ2) is 9.53. The van der Waals surface area contributed by atoms with Gasteiger partial charge in [-0.25, -0.2) is 9.48 Å². The van der Waals surface area contributed by atoms with Crippen LogP contribution in [-0.4, -0.2) is 73.6 Å². The maximum Gasteiger partial charge on any atom is 0.346 e. The molecule has 30 heavy (non-hydrogen) atoms. The summed E-state index contributed by atoms with van der Waals surface area (Å²) in [5.74, 6) is 0.402. The van der Waals surface area contributed by atoms with Crippen LogP contribution in [0.3, 0.4) is 0 Å². The Balaban J connectivity index is 1.26. The van der Waals surface area contributed by atoms with Crippen molar-refractivity contribution >= 4 is 0 Å². The molecule has 1 atom stereocenters. The number of nitrogens with zero attached hydrogens (tertiary/aromatic N) is 5. The van der Waals surface area contributed by atoms with E-state index in [1.54, 1.807) is 11.0 Å². The van der Waals surface area contributed by atoms with Crippen LogP contribution in [0.1, 0.15) is 84.2 Å². The van der Waals surface area contributed by atoms with Crippen molar-refractivity contribution in [3.8, 4) is 0 Å². The second-order valence-electron chi connectivity index (χ2n) is 10.2. The van der Waals surface area contributed by atoms with E-state index in [4.69, 9.17) is 0 Å². The Morgan fingerprint density at radius 1 is 0.833 bits per heavy atom. The lowest BCUT2D eigenvalue weighted by Crippen LogP contribution is -2.54. The predicted molar refractivity (Wildman–Crippen MR) is 119 cm³/mol. The van der Waals surface area contributed by atoms with Crippen LogP contribution >= 0.6 is 0 Å². The Morgan fingerprint density at radius 2 is 1.30 bits per heavy atom. The first-order valence-corrected chi connectivity index (χ1v) is 12.3. The molecule has 0 unspecified atom stereocenters. The minimum Gasteiger partial charge on any atom is -0.393 e. The molecular weight excluding hydrogens is 378 g/mol. The molecule has 1 aliphatic heterocycles. The summed E-state index contributed by atoms with van der Waals surface area (Å²) in [6, 6.07) is 1.79. The highest BCUT2D eigenvalue weighted by Gasteiger charge is 2.32. The smallest absolute Gasteiger partial charge is 0.346 e. The van der Waals surface area contributed by atoms with Gasteiger partial charge in [-0.15, -0.1) is 0 Å². The van der Waals surface area contributed by atoms with E-state index < -0.39 is 0 Å². The van der Waals surface area contributed by atoms with Crippen molar-refractivity contribution in [2.75, 3.05) is 26.2 Å². The van der Waals surface area contributed by atoms with Crippen LogP contribution in [0, 0.1) is 5.92 Å². The van der Waals surface area contributed by atoms with Gasteiger partial charge in [-0.05, 0) is 64.2 Å². The quantitative estimate of drug-likeness (QED) is 0.795. The number of hydrogen-bond donors (Lipinski definition) is 1. The van der Waals surface area contributed by atoms with E-state index in [1.807, 2.05) is 4.57 Å². The zero-order chi connectivity index (χ0) is 21.3. The summed E-state index contributed by atoms with van der Waals surface area (Å²) >= 11 is 0. The molecule has 3 fully saturated rings. The van der Waals surface area contributed by atoms with Crippen molar-refractivity contribution in [2.24, 2.45) is 5.92 Å². The summed E-state index contributed by atoms with van der Waals surface area (Å²) in [7, 11) is 0. The monoisotopic (exact) mass is 419 g/mol. The van der Waals surface area contributed by atoms with Crippen molar-refractivity contribution < 1.29 is 5.11 Å². The van der Waals surface area contributed by atoms with Crippen LogP contribution in [0.4, 0.5) is 0 Å². The average molecular weight is 420 g/mol. The van der Waals surface area contributed by atoms with E-state index in [9.17, 15) is 9.90 Å². The Morgan fingerprint density at radius 3 is 1.80 bits per heavy atom. The lowest BCUT2D eigenvalue weighted by molar-refractivity contribution is 0.0236. The number of hydrogen-bond acceptors (Lipinski definition) is 5. The molecule has 1 N–H and O–H groups in total. The summed E-state index contributed by atoms with van der Waals surface area (Å²) in [5, 5.41) is 14.2. The maximum atomic E-state index is 12.8. The van der Waals surface area contributed by atoms with Crippen LogP contribution in [-0.2, 0) is 0 Å². The van der Waals surface area contributed by atoms with Gasteiger partial charge in [0.15, 0.2) is 0 Å². The number of aromatic nitrogens is 3. The summed E-state index contributed by atoms with van der Waals surface area (Å²) in [6.07, 6.45) is 10.5. The van der Waals surface area contributed by atoms with Crippen molar-refractivity contribution in [1.29, 1.82) is 0 Å². The average Bonchev–Trinajstić information content (AvgIpc) is 3.15. The molecule has 3 aliphatic rings. The van der Waals surface area contributed by atoms with E-state index in [1.165, 1.54) is 25.9 Å². The van der Waals surface area contributed by atoms with Crippen molar-refractivity contribution in [3.63, 3.8) is 0 Å². The Labute approximate surface area is 181 Å². The third kappa shape index (κ3) is 4.68. The van der Waals surface area contributed by atoms with Crippen LogP contribution in [0.2, 0.25) is 0 Å². The molecule has 0 radical (unpaired) electrons. The molecule has 170 valence electrons. The third-order valence-electron chi connectivity index (χ3n) is 8.18. The fraction of sp³-hybridized carbons (Fsp3) is 0.913. The summed E-state index contributed by atoms with van der Waals surface area (Å²) < 4.78 is 3.56. The number of aliphatic hydroxyl groups is 1. The number of piperazine rings is 1. The molecule has 7 nitrogen and oxygen atoms in total. The highest BCUT2D eigenvalue weighted by atomic mass is 16.3. The van der Waals surface area contributed by atoms with E-state index in [-0.39, 0.29) is 17.8 Å². The minimum atomic E-state index is -0.0640. The van der Waals surface area contributed by atoms with E-state index in [0.29, 0.717) is 24.0 Å². The molecule has 1 aromatic rings. The fourth-order valence-electron chi connectivity index (χ4n) is 5.73. The molecule has 7 heteroatoms. The molecular formula is C23H41N5O2. The molecule has 0 spiro atoms. The molecule has 1 aromatic heterocycles. The van der Waals surface area contributed by atoms with Gasteiger partial charge in [0, 0.05) is 44.3 Å². The highest BCUT2D eigenvalue weighted by molar-refractivity contribution is 4.89. The van der Waals surface area contributed by atoms with Crippen LogP contribution in [0.15, 0.2) is 11.1 Å². The number of aliphatic hydroxyl groups excluding tert-OH is 1. The van der Waals surface area contributed by atoms with Crippen LogP contribution in [0.5, 0.6) is 0 Å². The summed E-state index contributed by atoms with van der Waals surface area (Å²) in [5.41, 5.74) is 0.0610. The number of rotatable bonds is 5. The van der Waals surface area contributed by atoms with Gasteiger partial charge >= 0.3 is 5.69 Å². The highest BCUT2D eigenvalue weighted by Crippen LogP contribution is 2.32. The standard InChI is InChI=1S/C23H41N5O2/c1-17(2)18(3)28-23(30)27(16-24-28)21-6-4-19(5-7-21)25-12-14-26(15-13-25)20-8-10-22(29)11-9-20/h16-22,29H,4-15H2,1-3H3/t18-,19?,20?,21?,22?/m0/s1. The van der Waals surface area contributed by atoms with Crippen molar-refractivity contribution in [1.82, 2.24) is 24.1 Å². The topological polar surface area (TPSA) is 66.5 Å². The molecule has 2 heterocycles. The Bertz CT molecular complexity index is 720. The van der Waals surface area contributed by atoms with E-state index in [0.717, 1.165) is 51.6 Å². The zero-order valence-electron chi connectivity index (χ0n) is 19.1. The largest absolute Gasteiger partial charge is 0.393 e. The molecule has 2 aliphatic carbocycles. The van der Waals surface area contributed by atoms with Gasteiger partial charge in [-0.3, -0.25) is 14.4 Å². The predicted octanol–water partition coefficient (Wildman–Crippen LogP) is 2.67. The lowest BCUT2D eigenvalue weighted by Gasteiger charge is -2.45. The summed E-state index contributed by atoms with van der Waals surface area (Å²) in [4.78, 5) is 18.2. The van der Waals surface area contributed by atoms with Gasteiger partial charge in [0.05, 0.1) is 12.1 Å². The van der Waals surface area contributed by atoms with Crippen molar-refractivity contribution in [3.05, 3.63) is 16.8 Å². The van der Waals surface area contributed by atoms with E-state index >= 15 is 0 Å². The molecule has 0 amide bonds. The first-order valence-electron chi connectivity index (χ1n) is 12.3. The molecule has 0 aromatic carbocycles. The third-order valence-corrected chi connectivity index (χ3v) is 8.18. The molecule has 0 bridgehead atoms. The molecule has 1 saturated heterocycles. The van der Waals surface area contributed by atoms with Gasteiger partial charge < -0.3 is 5.11 Å². The van der Waals surface area contributed by atoms with Crippen molar-refractivity contribution in [2.45, 2.75) is 102 Å². The normalized spacial score (nSPS) is 33.1. The van der Waals surface area contributed by atoms with Gasteiger partial charge in [-0.1, -0.05) is 13.8 Å². The first-order chi connectivity index (χ1) is 14.4.